The predicted molar refractivity (Wildman–Crippen MR) is 128 cm³/mol. The number of rotatable bonds is 4. The molecule has 0 saturated heterocycles. The van der Waals surface area contributed by atoms with Gasteiger partial charge >= 0.3 is 0 Å². The molecule has 29 heavy (non-hydrogen) atoms. The van der Waals surface area contributed by atoms with Crippen LogP contribution in [0.15, 0.2) is 87.8 Å². The molecule has 0 saturated carbocycles. The SMILES string of the molecule is [B]c1cc(Br)cc(C(N)=NC(=NC(=C)c2ccc(C)cc2)c2ccc(C)cc2)c1. The van der Waals surface area contributed by atoms with Crippen LogP contribution in [-0.4, -0.2) is 19.5 Å². The molecule has 3 rings (SSSR count). The summed E-state index contributed by atoms with van der Waals surface area (Å²) in [5, 5.41) is 0. The number of amidine groups is 2. The standard InChI is InChI=1S/C24H21BBrN3/c1-15-4-8-18(9-5-15)17(3)28-24(19-10-6-16(2)7-11-19)29-23(27)20-12-21(25)14-22(26)13-20/h4-14H,3H2,1-2H3,(H2,27,28,29). The molecule has 0 bridgehead atoms. The van der Waals surface area contributed by atoms with Gasteiger partial charge in [0, 0.05) is 15.6 Å². The summed E-state index contributed by atoms with van der Waals surface area (Å²) < 4.78 is 0.837. The van der Waals surface area contributed by atoms with Gasteiger partial charge in [0.2, 0.25) is 0 Å². The summed E-state index contributed by atoms with van der Waals surface area (Å²) in [6, 6.07) is 21.5. The van der Waals surface area contributed by atoms with E-state index in [2.05, 4.69) is 27.5 Å². The Labute approximate surface area is 181 Å². The molecule has 2 radical (unpaired) electrons. The predicted octanol–water partition coefficient (Wildman–Crippen LogP) is 4.68. The Morgan fingerprint density at radius 2 is 1.38 bits per heavy atom. The van der Waals surface area contributed by atoms with Gasteiger partial charge in [0.25, 0.3) is 0 Å². The fourth-order valence-electron chi connectivity index (χ4n) is 2.73. The third-order valence-electron chi connectivity index (χ3n) is 4.38. The molecule has 3 aromatic carbocycles. The van der Waals surface area contributed by atoms with Crippen LogP contribution in [0.3, 0.4) is 0 Å². The molecule has 0 unspecified atom stereocenters. The number of benzene rings is 3. The zero-order valence-corrected chi connectivity index (χ0v) is 18.1. The monoisotopic (exact) mass is 441 g/mol. The normalized spacial score (nSPS) is 12.1. The minimum Gasteiger partial charge on any atom is -0.383 e. The van der Waals surface area contributed by atoms with E-state index in [1.807, 2.05) is 74.5 Å². The summed E-state index contributed by atoms with van der Waals surface area (Å²) in [7, 11) is 5.94. The van der Waals surface area contributed by atoms with E-state index in [1.54, 1.807) is 6.07 Å². The molecule has 142 valence electrons. The average Bonchev–Trinajstić information content (AvgIpc) is 2.67. The summed E-state index contributed by atoms with van der Waals surface area (Å²) >= 11 is 3.44. The van der Waals surface area contributed by atoms with Crippen molar-refractivity contribution in [2.24, 2.45) is 15.7 Å². The Morgan fingerprint density at radius 1 is 0.828 bits per heavy atom. The molecule has 0 atom stereocenters. The van der Waals surface area contributed by atoms with Crippen molar-refractivity contribution in [3.05, 3.63) is 106 Å². The minimum absolute atomic E-state index is 0.328. The summed E-state index contributed by atoms with van der Waals surface area (Å²) in [5.41, 5.74) is 12.4. The maximum absolute atomic E-state index is 6.30. The van der Waals surface area contributed by atoms with Crippen LogP contribution in [0.4, 0.5) is 0 Å². The van der Waals surface area contributed by atoms with Crippen LogP contribution in [-0.2, 0) is 0 Å². The van der Waals surface area contributed by atoms with Crippen molar-refractivity contribution >= 4 is 46.6 Å². The summed E-state index contributed by atoms with van der Waals surface area (Å²) in [5.74, 6) is 0.820. The highest BCUT2D eigenvalue weighted by Crippen LogP contribution is 2.18. The van der Waals surface area contributed by atoms with Crippen molar-refractivity contribution in [3.8, 4) is 0 Å². The molecule has 0 aliphatic rings. The van der Waals surface area contributed by atoms with Crippen molar-refractivity contribution in [2.75, 3.05) is 0 Å². The Balaban J connectivity index is 2.06. The molecule has 0 aliphatic heterocycles. The Hall–Kier alpha value is -2.92. The van der Waals surface area contributed by atoms with Crippen molar-refractivity contribution in [1.29, 1.82) is 0 Å². The van der Waals surface area contributed by atoms with Crippen LogP contribution < -0.4 is 11.2 Å². The van der Waals surface area contributed by atoms with Gasteiger partial charge in [-0.3, -0.25) is 0 Å². The molecule has 0 fully saturated rings. The summed E-state index contributed by atoms with van der Waals surface area (Å²) in [4.78, 5) is 9.32. The van der Waals surface area contributed by atoms with Gasteiger partial charge in [-0.25, -0.2) is 9.98 Å². The van der Waals surface area contributed by atoms with E-state index in [0.29, 0.717) is 22.8 Å². The van der Waals surface area contributed by atoms with E-state index < -0.39 is 0 Å². The Morgan fingerprint density at radius 3 is 1.93 bits per heavy atom. The number of nitrogens with two attached hydrogens (primary N) is 1. The highest BCUT2D eigenvalue weighted by atomic mass is 79.9. The van der Waals surface area contributed by atoms with E-state index in [0.717, 1.165) is 26.7 Å². The van der Waals surface area contributed by atoms with Crippen molar-refractivity contribution in [3.63, 3.8) is 0 Å². The molecule has 0 aliphatic carbocycles. The lowest BCUT2D eigenvalue weighted by Gasteiger charge is -2.08. The van der Waals surface area contributed by atoms with Crippen LogP contribution in [0.5, 0.6) is 0 Å². The molecule has 2 N–H and O–H groups in total. The Bertz CT molecular complexity index is 1080. The number of hydrogen-bond acceptors (Lipinski definition) is 1. The molecule has 0 amide bonds. The number of nitrogens with zero attached hydrogens (tertiary/aromatic N) is 2. The van der Waals surface area contributed by atoms with Gasteiger partial charge in [0.15, 0.2) is 5.84 Å². The molecule has 0 spiro atoms. The van der Waals surface area contributed by atoms with Crippen LogP contribution in [0.1, 0.15) is 27.8 Å². The molecule has 5 heteroatoms. The van der Waals surface area contributed by atoms with Crippen LogP contribution in [0.25, 0.3) is 5.70 Å². The number of halogens is 1. The molecular weight excluding hydrogens is 421 g/mol. The second-order valence-corrected chi connectivity index (χ2v) is 7.80. The molecular formula is C24H21BBrN3. The largest absolute Gasteiger partial charge is 0.383 e. The summed E-state index contributed by atoms with van der Waals surface area (Å²) in [6.07, 6.45) is 0. The fraction of sp³-hybridized carbons (Fsp3) is 0.0833. The lowest BCUT2D eigenvalue weighted by Crippen LogP contribution is -2.19. The molecule has 0 heterocycles. The van der Waals surface area contributed by atoms with Gasteiger partial charge in [0.05, 0.1) is 5.70 Å². The first-order valence-corrected chi connectivity index (χ1v) is 9.93. The van der Waals surface area contributed by atoms with Gasteiger partial charge in [-0.15, -0.1) is 0 Å². The van der Waals surface area contributed by atoms with Gasteiger partial charge in [-0.1, -0.05) is 99.8 Å². The van der Waals surface area contributed by atoms with Crippen molar-refractivity contribution < 1.29 is 0 Å². The molecule has 0 aromatic heterocycles. The lowest BCUT2D eigenvalue weighted by atomic mass is 9.94. The van der Waals surface area contributed by atoms with E-state index in [9.17, 15) is 0 Å². The van der Waals surface area contributed by atoms with Gasteiger partial charge in [-0.2, -0.15) is 0 Å². The number of aliphatic imine (C=N–C) groups is 2. The topological polar surface area (TPSA) is 50.7 Å². The smallest absolute Gasteiger partial charge is 0.162 e. The van der Waals surface area contributed by atoms with Crippen LogP contribution >= 0.6 is 15.9 Å². The van der Waals surface area contributed by atoms with Crippen LogP contribution in [0.2, 0.25) is 0 Å². The van der Waals surface area contributed by atoms with Crippen LogP contribution in [0, 0.1) is 13.8 Å². The quantitative estimate of drug-likeness (QED) is 0.356. The first-order valence-electron chi connectivity index (χ1n) is 9.14. The second kappa shape index (κ2) is 9.06. The molecule has 3 nitrogen and oxygen atoms in total. The van der Waals surface area contributed by atoms with Gasteiger partial charge in [0.1, 0.15) is 13.7 Å². The van der Waals surface area contributed by atoms with E-state index in [1.165, 1.54) is 5.56 Å². The van der Waals surface area contributed by atoms with Gasteiger partial charge < -0.3 is 5.73 Å². The van der Waals surface area contributed by atoms with E-state index in [-0.39, 0.29) is 0 Å². The minimum atomic E-state index is 0.328. The van der Waals surface area contributed by atoms with Crippen molar-refractivity contribution in [1.82, 2.24) is 0 Å². The second-order valence-electron chi connectivity index (χ2n) is 6.88. The average molecular weight is 442 g/mol. The zero-order valence-electron chi connectivity index (χ0n) is 16.5. The lowest BCUT2D eigenvalue weighted by molar-refractivity contribution is 1.40. The third-order valence-corrected chi connectivity index (χ3v) is 4.84. The number of aryl methyl sites for hydroxylation is 2. The van der Waals surface area contributed by atoms with Gasteiger partial charge in [-0.05, 0) is 25.5 Å². The van der Waals surface area contributed by atoms with Crippen molar-refractivity contribution in [2.45, 2.75) is 13.8 Å². The highest BCUT2D eigenvalue weighted by Gasteiger charge is 2.08. The number of hydrogen-bond donors (Lipinski definition) is 1. The summed E-state index contributed by atoms with van der Waals surface area (Å²) in [6.45, 7) is 8.20. The third kappa shape index (κ3) is 5.55. The molecule has 3 aromatic rings. The highest BCUT2D eigenvalue weighted by molar-refractivity contribution is 9.10. The van der Waals surface area contributed by atoms with E-state index in [4.69, 9.17) is 18.6 Å². The maximum Gasteiger partial charge on any atom is 0.162 e. The fourth-order valence-corrected chi connectivity index (χ4v) is 3.24. The first kappa shape index (κ1) is 20.8. The zero-order chi connectivity index (χ0) is 21.0. The first-order chi connectivity index (χ1) is 13.8. The van der Waals surface area contributed by atoms with E-state index >= 15 is 0 Å². The Kier molecular flexibility index (Phi) is 6.50. The maximum atomic E-state index is 6.30.